The molecule has 1 aliphatic rings. The molecule has 0 spiro atoms. The highest BCUT2D eigenvalue weighted by Gasteiger charge is 2.17. The predicted molar refractivity (Wildman–Crippen MR) is 129 cm³/mol. The number of halogens is 1. The first kappa shape index (κ1) is 23.9. The van der Waals surface area contributed by atoms with Gasteiger partial charge >= 0.3 is 0 Å². The van der Waals surface area contributed by atoms with E-state index >= 15 is 0 Å². The van der Waals surface area contributed by atoms with E-state index in [0.29, 0.717) is 11.3 Å². The van der Waals surface area contributed by atoms with Gasteiger partial charge in [0, 0.05) is 30.9 Å². The van der Waals surface area contributed by atoms with Crippen molar-refractivity contribution in [3.63, 3.8) is 0 Å². The number of carbonyl (C=O) groups excluding carboxylic acids is 1. The molecule has 0 saturated carbocycles. The number of benzene rings is 3. The van der Waals surface area contributed by atoms with Crippen LogP contribution in [0.4, 0.5) is 15.8 Å². The number of carbonyl (C=O) groups is 1. The minimum absolute atomic E-state index is 0.0723. The first-order valence-corrected chi connectivity index (χ1v) is 12.5. The fourth-order valence-corrected chi connectivity index (χ4v) is 4.67. The van der Waals surface area contributed by atoms with Crippen molar-refractivity contribution in [2.75, 3.05) is 42.9 Å². The largest absolute Gasteiger partial charge is 0.379 e. The minimum atomic E-state index is -3.99. The second-order valence-electron chi connectivity index (χ2n) is 7.96. The molecule has 1 fully saturated rings. The number of anilines is 2. The minimum Gasteiger partial charge on any atom is -0.379 e. The van der Waals surface area contributed by atoms with Crippen LogP contribution in [-0.4, -0.2) is 52.1 Å². The van der Waals surface area contributed by atoms with Crippen molar-refractivity contribution in [1.29, 1.82) is 0 Å². The molecule has 7 nitrogen and oxygen atoms in total. The molecule has 3 aromatic carbocycles. The number of nitrogens with one attached hydrogen (secondary N) is 2. The summed E-state index contributed by atoms with van der Waals surface area (Å²) in [6.07, 6.45) is 0.922. The van der Waals surface area contributed by atoms with E-state index in [-0.39, 0.29) is 16.5 Å². The SMILES string of the molecule is O=C(Nc1ccc(CCN2CCOCC2)cc1)c1ccc(S(=O)(=O)Nc2ccccc2F)cc1. The topological polar surface area (TPSA) is 87.7 Å². The second kappa shape index (κ2) is 10.8. The smallest absolute Gasteiger partial charge is 0.261 e. The zero-order valence-corrected chi connectivity index (χ0v) is 19.4. The van der Waals surface area contributed by atoms with Gasteiger partial charge in [-0.15, -0.1) is 0 Å². The van der Waals surface area contributed by atoms with E-state index in [1.165, 1.54) is 54.1 Å². The molecule has 1 heterocycles. The van der Waals surface area contributed by atoms with Crippen molar-refractivity contribution in [2.45, 2.75) is 11.3 Å². The van der Waals surface area contributed by atoms with E-state index < -0.39 is 15.8 Å². The number of rotatable bonds is 8. The molecule has 1 amide bonds. The average molecular weight is 484 g/mol. The van der Waals surface area contributed by atoms with Gasteiger partial charge in [0.1, 0.15) is 5.82 Å². The van der Waals surface area contributed by atoms with Gasteiger partial charge in [0.25, 0.3) is 15.9 Å². The highest BCUT2D eigenvalue weighted by atomic mass is 32.2. The van der Waals surface area contributed by atoms with Gasteiger partial charge in [-0.25, -0.2) is 12.8 Å². The maximum absolute atomic E-state index is 13.8. The van der Waals surface area contributed by atoms with E-state index in [1.54, 1.807) is 0 Å². The lowest BCUT2D eigenvalue weighted by Crippen LogP contribution is -2.37. The molecule has 9 heteroatoms. The second-order valence-corrected chi connectivity index (χ2v) is 9.65. The highest BCUT2D eigenvalue weighted by molar-refractivity contribution is 7.92. The number of morpholine rings is 1. The van der Waals surface area contributed by atoms with Crippen LogP contribution in [0.25, 0.3) is 0 Å². The van der Waals surface area contributed by atoms with Crippen LogP contribution >= 0.6 is 0 Å². The van der Waals surface area contributed by atoms with Crippen LogP contribution in [0, 0.1) is 5.82 Å². The normalized spacial score (nSPS) is 14.5. The van der Waals surface area contributed by atoms with Gasteiger partial charge in [-0.3, -0.25) is 14.4 Å². The zero-order valence-electron chi connectivity index (χ0n) is 18.5. The summed E-state index contributed by atoms with van der Waals surface area (Å²) in [5.74, 6) is -1.03. The van der Waals surface area contributed by atoms with E-state index in [1.807, 2.05) is 24.3 Å². The van der Waals surface area contributed by atoms with E-state index in [9.17, 15) is 17.6 Å². The van der Waals surface area contributed by atoms with Crippen LogP contribution in [0.1, 0.15) is 15.9 Å². The van der Waals surface area contributed by atoms with Crippen LogP contribution in [0.5, 0.6) is 0 Å². The van der Waals surface area contributed by atoms with E-state index in [4.69, 9.17) is 4.74 Å². The van der Waals surface area contributed by atoms with Crippen LogP contribution in [0.15, 0.2) is 77.7 Å². The van der Waals surface area contributed by atoms with Crippen molar-refractivity contribution in [2.24, 2.45) is 0 Å². The first-order chi connectivity index (χ1) is 16.4. The molecule has 4 rings (SSSR count). The molecule has 2 N–H and O–H groups in total. The summed E-state index contributed by atoms with van der Waals surface area (Å²) in [7, 11) is -3.99. The van der Waals surface area contributed by atoms with Gasteiger partial charge in [-0.2, -0.15) is 0 Å². The first-order valence-electron chi connectivity index (χ1n) is 11.0. The van der Waals surface area contributed by atoms with Crippen LogP contribution < -0.4 is 10.0 Å². The third-order valence-corrected chi connectivity index (χ3v) is 6.96. The molecule has 1 aliphatic heterocycles. The molecule has 0 aliphatic carbocycles. The number of para-hydroxylation sites is 1. The summed E-state index contributed by atoms with van der Waals surface area (Å²) in [5.41, 5.74) is 2.00. The molecule has 0 atom stereocenters. The maximum atomic E-state index is 13.8. The monoisotopic (exact) mass is 483 g/mol. The lowest BCUT2D eigenvalue weighted by Gasteiger charge is -2.26. The Bertz CT molecular complexity index is 1230. The number of ether oxygens (including phenoxy) is 1. The fraction of sp³-hybridized carbons (Fsp3) is 0.240. The molecule has 0 aromatic heterocycles. The van der Waals surface area contributed by atoms with Crippen molar-refractivity contribution in [1.82, 2.24) is 4.90 Å². The van der Waals surface area contributed by atoms with Crippen molar-refractivity contribution in [3.05, 3.63) is 89.7 Å². The Balaban J connectivity index is 1.34. The van der Waals surface area contributed by atoms with Crippen LogP contribution in [0.3, 0.4) is 0 Å². The Morgan fingerprint density at radius 2 is 1.62 bits per heavy atom. The molecule has 1 saturated heterocycles. The third kappa shape index (κ3) is 6.19. The van der Waals surface area contributed by atoms with Gasteiger partial charge < -0.3 is 10.1 Å². The third-order valence-electron chi connectivity index (χ3n) is 5.58. The molecule has 0 radical (unpaired) electrons. The number of sulfonamides is 1. The summed E-state index contributed by atoms with van der Waals surface area (Å²) in [6.45, 7) is 4.43. The lowest BCUT2D eigenvalue weighted by molar-refractivity contribution is 0.0384. The highest BCUT2D eigenvalue weighted by Crippen LogP contribution is 2.20. The molecule has 34 heavy (non-hydrogen) atoms. The Hall–Kier alpha value is -3.27. The number of hydrogen-bond acceptors (Lipinski definition) is 5. The number of hydrogen-bond donors (Lipinski definition) is 2. The summed E-state index contributed by atoms with van der Waals surface area (Å²) >= 11 is 0. The Labute approximate surface area is 198 Å². The standard InChI is InChI=1S/C25H26FN3O4S/c26-23-3-1-2-4-24(23)28-34(31,32)22-11-7-20(8-12-22)25(30)27-21-9-5-19(6-10-21)13-14-29-15-17-33-18-16-29/h1-12,28H,13-18H2,(H,27,30). The van der Waals surface area contributed by atoms with Crippen molar-refractivity contribution >= 4 is 27.3 Å². The van der Waals surface area contributed by atoms with Crippen molar-refractivity contribution in [3.8, 4) is 0 Å². The van der Waals surface area contributed by atoms with Crippen molar-refractivity contribution < 1.29 is 22.3 Å². The predicted octanol–water partition coefficient (Wildman–Crippen LogP) is 3.75. The summed E-state index contributed by atoms with van der Waals surface area (Å²) < 4.78 is 46.4. The van der Waals surface area contributed by atoms with Gasteiger partial charge in [0.15, 0.2) is 0 Å². The van der Waals surface area contributed by atoms with Gasteiger partial charge in [-0.05, 0) is 60.5 Å². The molecule has 178 valence electrons. The van der Waals surface area contributed by atoms with E-state index in [2.05, 4.69) is 14.9 Å². The van der Waals surface area contributed by atoms with E-state index in [0.717, 1.165) is 39.3 Å². The summed E-state index contributed by atoms with van der Waals surface area (Å²) in [5, 5.41) is 2.82. The fourth-order valence-electron chi connectivity index (χ4n) is 3.60. The van der Waals surface area contributed by atoms with Gasteiger partial charge in [0.05, 0.1) is 23.8 Å². The van der Waals surface area contributed by atoms with Crippen LogP contribution in [0.2, 0.25) is 0 Å². The molecule has 0 bridgehead atoms. The summed E-state index contributed by atoms with van der Waals surface area (Å²) in [4.78, 5) is 14.9. The average Bonchev–Trinajstić information content (AvgIpc) is 2.86. The number of amides is 1. The quantitative estimate of drug-likeness (QED) is 0.510. The Morgan fingerprint density at radius 3 is 2.29 bits per heavy atom. The molecular formula is C25H26FN3O4S. The molecule has 0 unspecified atom stereocenters. The summed E-state index contributed by atoms with van der Waals surface area (Å²) in [6, 6.07) is 18.6. The van der Waals surface area contributed by atoms with Gasteiger partial charge in [0.2, 0.25) is 0 Å². The van der Waals surface area contributed by atoms with Gasteiger partial charge in [-0.1, -0.05) is 24.3 Å². The maximum Gasteiger partial charge on any atom is 0.261 e. The Kier molecular flexibility index (Phi) is 7.56. The zero-order chi connectivity index (χ0) is 24.0. The molecule has 3 aromatic rings. The lowest BCUT2D eigenvalue weighted by atomic mass is 10.1. The molecular weight excluding hydrogens is 457 g/mol. The Morgan fingerprint density at radius 1 is 0.941 bits per heavy atom. The van der Waals surface area contributed by atoms with Crippen LogP contribution in [-0.2, 0) is 21.2 Å². The number of nitrogens with zero attached hydrogens (tertiary/aromatic N) is 1.